The van der Waals surface area contributed by atoms with Gasteiger partial charge in [0, 0.05) is 5.41 Å². The van der Waals surface area contributed by atoms with Crippen LogP contribution in [0.5, 0.6) is 5.75 Å². The zero-order valence-corrected chi connectivity index (χ0v) is 19.0. The quantitative estimate of drug-likeness (QED) is 0.622. The summed E-state index contributed by atoms with van der Waals surface area (Å²) in [6.45, 7) is 2.06. The van der Waals surface area contributed by atoms with Crippen molar-refractivity contribution in [3.05, 3.63) is 29.3 Å². The van der Waals surface area contributed by atoms with E-state index in [1.54, 1.807) is 12.1 Å². The number of halogens is 1. The third-order valence-corrected chi connectivity index (χ3v) is 8.74. The summed E-state index contributed by atoms with van der Waals surface area (Å²) < 4.78 is 56.0. The van der Waals surface area contributed by atoms with Crippen LogP contribution in [-0.4, -0.2) is 28.3 Å². The molecule has 0 radical (unpaired) electrons. The molecule has 4 N–H and O–H groups in total. The molecule has 0 heterocycles. The molecule has 11 heteroatoms. The van der Waals surface area contributed by atoms with E-state index in [0.717, 1.165) is 37.7 Å². The van der Waals surface area contributed by atoms with Crippen LogP contribution >= 0.6 is 11.6 Å². The minimum Gasteiger partial charge on any atom is -0.371 e. The average molecular weight is 479 g/mol. The number of nitrogens with two attached hydrogens (primary N) is 2. The van der Waals surface area contributed by atoms with Gasteiger partial charge in [-0.15, -0.1) is 11.6 Å². The van der Waals surface area contributed by atoms with Crippen LogP contribution in [0.1, 0.15) is 56.1 Å². The van der Waals surface area contributed by atoms with E-state index in [1.807, 2.05) is 6.07 Å². The van der Waals surface area contributed by atoms with E-state index in [0.29, 0.717) is 18.3 Å². The Morgan fingerprint density at radius 1 is 1.17 bits per heavy atom. The summed E-state index contributed by atoms with van der Waals surface area (Å²) >= 11 is 6.61. The Labute approximate surface area is 182 Å². The summed E-state index contributed by atoms with van der Waals surface area (Å²) in [7, 11) is -8.16. The first kappa shape index (κ1) is 22.3. The first-order valence-corrected chi connectivity index (χ1v) is 13.5. The molecule has 0 saturated heterocycles. The molecule has 0 unspecified atom stereocenters. The van der Waals surface area contributed by atoms with E-state index in [1.165, 1.54) is 5.56 Å². The van der Waals surface area contributed by atoms with Gasteiger partial charge in [0.25, 0.3) is 0 Å². The van der Waals surface area contributed by atoms with Gasteiger partial charge in [0.15, 0.2) is 0 Å². The van der Waals surface area contributed by atoms with Gasteiger partial charge < -0.3 is 4.18 Å². The Hall–Kier alpha value is -0.910. The molecule has 0 amide bonds. The highest BCUT2D eigenvalue weighted by molar-refractivity contribution is 7.84. The minimum absolute atomic E-state index is 0.219. The fourth-order valence-corrected chi connectivity index (χ4v) is 7.96. The fourth-order valence-electron chi connectivity index (χ4n) is 6.42. The van der Waals surface area contributed by atoms with Gasteiger partial charge in [0.1, 0.15) is 11.9 Å². The molecular weight excluding hydrogens is 452 g/mol. The van der Waals surface area contributed by atoms with Gasteiger partial charge >= 0.3 is 20.6 Å². The molecule has 6 atom stereocenters. The van der Waals surface area contributed by atoms with Crippen molar-refractivity contribution in [2.24, 2.45) is 27.5 Å². The summed E-state index contributed by atoms with van der Waals surface area (Å²) in [6.07, 6.45) is 4.23. The van der Waals surface area contributed by atoms with Crippen LogP contribution in [0.2, 0.25) is 0 Å². The van der Waals surface area contributed by atoms with Gasteiger partial charge in [-0.3, -0.25) is 4.18 Å². The largest absolute Gasteiger partial charge is 0.380 e. The number of benzene rings is 1. The van der Waals surface area contributed by atoms with Crippen molar-refractivity contribution >= 4 is 32.2 Å². The second kappa shape index (κ2) is 7.60. The Balaban J connectivity index is 1.64. The van der Waals surface area contributed by atoms with Crippen LogP contribution in [0.4, 0.5) is 0 Å². The zero-order valence-electron chi connectivity index (χ0n) is 16.7. The molecule has 0 spiro atoms. The highest BCUT2D eigenvalue weighted by atomic mass is 35.5. The first-order chi connectivity index (χ1) is 13.9. The van der Waals surface area contributed by atoms with E-state index >= 15 is 0 Å². The van der Waals surface area contributed by atoms with Crippen LogP contribution in [0, 0.1) is 17.3 Å². The van der Waals surface area contributed by atoms with Gasteiger partial charge in [0.05, 0.1) is 5.38 Å². The maximum atomic E-state index is 11.7. The molecule has 3 aliphatic rings. The van der Waals surface area contributed by atoms with Gasteiger partial charge in [-0.05, 0) is 79.5 Å². The van der Waals surface area contributed by atoms with Gasteiger partial charge in [-0.2, -0.15) is 22.0 Å². The molecule has 2 saturated carbocycles. The monoisotopic (exact) mass is 478 g/mol. The highest BCUT2D eigenvalue weighted by Gasteiger charge is 2.61. The van der Waals surface area contributed by atoms with Gasteiger partial charge in [-0.1, -0.05) is 13.0 Å². The first-order valence-electron chi connectivity index (χ1n) is 10.1. The maximum absolute atomic E-state index is 11.7. The molecule has 0 bridgehead atoms. The van der Waals surface area contributed by atoms with Crippen molar-refractivity contribution < 1.29 is 25.2 Å². The SMILES string of the molecule is CC[C@]12CC[C@@H]3c4ccc(OS(N)(=O)=O)cc4CC[C@H]3[C@@H]1C[C@@H](Cl)[C@@H]2OS(N)(=O)=O. The molecule has 0 aliphatic heterocycles. The molecular formula is C19H27ClN2O6S2. The lowest BCUT2D eigenvalue weighted by Crippen LogP contribution is -2.48. The Morgan fingerprint density at radius 3 is 2.53 bits per heavy atom. The number of hydrogen-bond acceptors (Lipinski definition) is 6. The predicted octanol–water partition coefficient (Wildman–Crippen LogP) is 2.32. The van der Waals surface area contributed by atoms with Crippen LogP contribution in [-0.2, 0) is 31.2 Å². The summed E-state index contributed by atoms with van der Waals surface area (Å²) in [5.74, 6) is 1.12. The van der Waals surface area contributed by atoms with Crippen molar-refractivity contribution in [1.82, 2.24) is 0 Å². The smallest absolute Gasteiger partial charge is 0.371 e. The number of aryl methyl sites for hydroxylation is 1. The number of hydrogen-bond donors (Lipinski definition) is 2. The molecule has 1 aromatic rings. The number of rotatable bonds is 5. The van der Waals surface area contributed by atoms with E-state index in [-0.39, 0.29) is 17.1 Å². The third kappa shape index (κ3) is 3.98. The van der Waals surface area contributed by atoms with E-state index < -0.39 is 32.1 Å². The zero-order chi connectivity index (χ0) is 21.9. The second-order valence-corrected chi connectivity index (χ2v) is 11.6. The summed E-state index contributed by atoms with van der Waals surface area (Å²) in [4.78, 5) is 0. The van der Waals surface area contributed by atoms with Crippen molar-refractivity contribution in [1.29, 1.82) is 0 Å². The molecule has 0 aromatic heterocycles. The van der Waals surface area contributed by atoms with E-state index in [4.69, 9.17) is 30.2 Å². The normalized spacial score (nSPS) is 35.9. The van der Waals surface area contributed by atoms with Crippen molar-refractivity contribution in [3.8, 4) is 5.75 Å². The molecule has 8 nitrogen and oxygen atoms in total. The molecule has 4 rings (SSSR count). The standard InChI is InChI=1S/C19H27ClN2O6S2/c1-2-19-8-7-14-13-6-4-12(27-29(21,23)24)9-11(13)3-5-15(14)16(19)10-17(20)18(19)28-30(22,25)26/h4,6,9,14-18H,2-3,5,7-8,10H2,1H3,(H2,21,23,24)(H2,22,25,26)/t14-,15-,16+,17-,18+,19+/m1/s1. The lowest BCUT2D eigenvalue weighted by molar-refractivity contribution is -0.0251. The van der Waals surface area contributed by atoms with E-state index in [9.17, 15) is 16.8 Å². The lowest BCUT2D eigenvalue weighted by Gasteiger charge is -2.51. The van der Waals surface area contributed by atoms with Crippen molar-refractivity contribution in [2.75, 3.05) is 0 Å². The van der Waals surface area contributed by atoms with Crippen LogP contribution in [0.25, 0.3) is 0 Å². The second-order valence-electron chi connectivity index (χ2n) is 8.74. The summed E-state index contributed by atoms with van der Waals surface area (Å²) in [5, 5.41) is 9.77. The van der Waals surface area contributed by atoms with Crippen LogP contribution < -0.4 is 14.5 Å². The van der Waals surface area contributed by atoms with E-state index in [2.05, 4.69) is 6.92 Å². The Bertz CT molecular complexity index is 1050. The third-order valence-electron chi connectivity index (χ3n) is 7.44. The van der Waals surface area contributed by atoms with Gasteiger partial charge in [-0.25, -0.2) is 5.14 Å². The van der Waals surface area contributed by atoms with Crippen LogP contribution in [0.3, 0.4) is 0 Å². The number of fused-ring (bicyclic) bond motifs is 5. The highest BCUT2D eigenvalue weighted by Crippen LogP contribution is 2.64. The lowest BCUT2D eigenvalue weighted by atomic mass is 9.54. The minimum atomic E-state index is -4.09. The average Bonchev–Trinajstić information content (AvgIpc) is 2.91. The fraction of sp³-hybridized carbons (Fsp3) is 0.684. The number of alkyl halides is 1. The predicted molar refractivity (Wildman–Crippen MR) is 112 cm³/mol. The Morgan fingerprint density at radius 2 is 1.90 bits per heavy atom. The molecule has 168 valence electrons. The molecule has 2 fully saturated rings. The topological polar surface area (TPSA) is 139 Å². The Kier molecular flexibility index (Phi) is 5.64. The summed E-state index contributed by atoms with van der Waals surface area (Å²) in [6, 6.07) is 5.32. The van der Waals surface area contributed by atoms with Gasteiger partial charge in [0.2, 0.25) is 0 Å². The maximum Gasteiger partial charge on any atom is 0.380 e. The van der Waals surface area contributed by atoms with Crippen molar-refractivity contribution in [3.63, 3.8) is 0 Å². The van der Waals surface area contributed by atoms with Crippen molar-refractivity contribution in [2.45, 2.75) is 62.8 Å². The molecule has 30 heavy (non-hydrogen) atoms. The molecule has 1 aromatic carbocycles. The molecule has 3 aliphatic carbocycles. The van der Waals surface area contributed by atoms with Crippen LogP contribution in [0.15, 0.2) is 18.2 Å². The summed E-state index contributed by atoms with van der Waals surface area (Å²) in [5.41, 5.74) is 1.95.